The zero-order chi connectivity index (χ0) is 15.7. The molecule has 0 N–H and O–H groups in total. The smallest absolute Gasteiger partial charge is 0.399 e. The second-order valence-corrected chi connectivity index (χ2v) is 6.17. The normalized spacial score (nSPS) is 20.0. The third kappa shape index (κ3) is 2.62. The summed E-state index contributed by atoms with van der Waals surface area (Å²) in [6, 6.07) is 3.76. The number of hydrogen-bond donors (Lipinski definition) is 0. The summed E-state index contributed by atoms with van der Waals surface area (Å²) in [5.74, 6) is 0. The third-order valence-corrected chi connectivity index (χ3v) is 5.34. The Hall–Kier alpha value is -0.575. The van der Waals surface area contributed by atoms with E-state index in [1.807, 2.05) is 13.0 Å². The lowest BCUT2D eigenvalue weighted by molar-refractivity contribution is -0.0601. The minimum atomic E-state index is -0.352. The van der Waals surface area contributed by atoms with Gasteiger partial charge in [-0.15, -0.1) is 0 Å². The highest BCUT2D eigenvalue weighted by Crippen LogP contribution is 2.46. The van der Waals surface area contributed by atoms with Gasteiger partial charge >= 0.3 is 7.12 Å². The number of rotatable bonds is 5. The molecule has 0 spiro atoms. The quantitative estimate of drug-likeness (QED) is 0.610. The summed E-state index contributed by atoms with van der Waals surface area (Å²) in [4.78, 5) is 4.32. The first-order chi connectivity index (χ1) is 9.97. The van der Waals surface area contributed by atoms with Crippen molar-refractivity contribution in [2.24, 2.45) is 0 Å². The van der Waals surface area contributed by atoms with Gasteiger partial charge < -0.3 is 9.31 Å². The lowest BCUT2D eigenvalue weighted by atomic mass is 9.75. The fourth-order valence-electron chi connectivity index (χ4n) is 3.69. The molecule has 2 rings (SSSR count). The van der Waals surface area contributed by atoms with E-state index in [9.17, 15) is 0 Å². The average Bonchev–Trinajstić information content (AvgIpc) is 2.82. The number of aryl methyl sites for hydroxylation is 1. The molecule has 1 aliphatic heterocycles. The van der Waals surface area contributed by atoms with Crippen LogP contribution >= 0.6 is 11.6 Å². The Morgan fingerprint density at radius 3 is 1.86 bits per heavy atom. The molecule has 1 aromatic rings. The third-order valence-electron chi connectivity index (χ3n) is 5.13. The van der Waals surface area contributed by atoms with Crippen LogP contribution in [0.15, 0.2) is 12.1 Å². The highest BCUT2D eigenvalue weighted by molar-refractivity contribution is 6.62. The minimum Gasteiger partial charge on any atom is -0.399 e. The van der Waals surface area contributed by atoms with Crippen molar-refractivity contribution in [3.8, 4) is 0 Å². The molecule has 0 radical (unpaired) electrons. The Morgan fingerprint density at radius 2 is 1.48 bits per heavy atom. The molecule has 1 saturated heterocycles. The topological polar surface area (TPSA) is 31.4 Å². The van der Waals surface area contributed by atoms with Gasteiger partial charge in [-0.05, 0) is 38.7 Å². The van der Waals surface area contributed by atoms with E-state index in [0.29, 0.717) is 5.15 Å². The van der Waals surface area contributed by atoms with Crippen molar-refractivity contribution in [1.82, 2.24) is 4.98 Å². The Morgan fingerprint density at radius 1 is 1.00 bits per heavy atom. The van der Waals surface area contributed by atoms with E-state index < -0.39 is 0 Å². The number of aromatic nitrogens is 1. The second kappa shape index (κ2) is 6.27. The van der Waals surface area contributed by atoms with Gasteiger partial charge in [-0.3, -0.25) is 0 Å². The highest BCUT2D eigenvalue weighted by Gasteiger charge is 2.58. The summed E-state index contributed by atoms with van der Waals surface area (Å²) < 4.78 is 12.9. The van der Waals surface area contributed by atoms with Gasteiger partial charge in [0, 0.05) is 11.2 Å². The molecule has 0 saturated carbocycles. The molecule has 0 amide bonds. The van der Waals surface area contributed by atoms with E-state index in [4.69, 9.17) is 20.9 Å². The first kappa shape index (κ1) is 16.8. The lowest BCUT2D eigenvalue weighted by Gasteiger charge is -2.42. The minimum absolute atomic E-state index is 0.229. The molecule has 0 aromatic carbocycles. The van der Waals surface area contributed by atoms with E-state index in [1.54, 1.807) is 6.07 Å². The summed E-state index contributed by atoms with van der Waals surface area (Å²) in [6.45, 7) is 10.7. The molecule has 1 fully saturated rings. The summed E-state index contributed by atoms with van der Waals surface area (Å²) in [5.41, 5.74) is 1.39. The van der Waals surface area contributed by atoms with Crippen molar-refractivity contribution in [3.05, 3.63) is 23.0 Å². The van der Waals surface area contributed by atoms with Gasteiger partial charge in [-0.1, -0.05) is 45.4 Å². The van der Waals surface area contributed by atoms with Crippen LogP contribution in [0.25, 0.3) is 0 Å². The fraction of sp³-hybridized carbons (Fsp3) is 0.688. The van der Waals surface area contributed by atoms with E-state index in [1.165, 1.54) is 0 Å². The zero-order valence-electron chi connectivity index (χ0n) is 13.7. The lowest BCUT2D eigenvalue weighted by Crippen LogP contribution is -2.50. The van der Waals surface area contributed by atoms with E-state index in [-0.39, 0.29) is 18.3 Å². The Bertz CT molecular complexity index is 481. The summed E-state index contributed by atoms with van der Waals surface area (Å²) in [7, 11) is -0.352. The van der Waals surface area contributed by atoms with E-state index >= 15 is 0 Å². The molecular formula is C16H25BClNO2. The predicted octanol–water partition coefficient (Wildman–Crippen LogP) is 3.90. The number of nitrogens with zero attached hydrogens (tertiary/aromatic N) is 1. The van der Waals surface area contributed by atoms with Crippen LogP contribution in [0.5, 0.6) is 0 Å². The fourth-order valence-corrected chi connectivity index (χ4v) is 3.88. The van der Waals surface area contributed by atoms with Gasteiger partial charge in [0.25, 0.3) is 0 Å². The van der Waals surface area contributed by atoms with Gasteiger partial charge in [0.1, 0.15) is 5.15 Å². The Labute approximate surface area is 133 Å². The van der Waals surface area contributed by atoms with Crippen LogP contribution in [0.2, 0.25) is 5.15 Å². The highest BCUT2D eigenvalue weighted by atomic mass is 35.5. The monoisotopic (exact) mass is 309 g/mol. The number of pyridine rings is 1. The molecule has 5 heteroatoms. The van der Waals surface area contributed by atoms with Crippen molar-refractivity contribution in [2.75, 3.05) is 0 Å². The first-order valence-electron chi connectivity index (χ1n) is 7.96. The van der Waals surface area contributed by atoms with Crippen molar-refractivity contribution < 1.29 is 9.31 Å². The molecule has 0 aliphatic carbocycles. The van der Waals surface area contributed by atoms with Gasteiger partial charge in [0.05, 0.1) is 11.2 Å². The summed E-state index contributed by atoms with van der Waals surface area (Å²) in [5, 5.41) is 0.503. The molecule has 1 aromatic heterocycles. The van der Waals surface area contributed by atoms with Gasteiger partial charge in [0.15, 0.2) is 0 Å². The van der Waals surface area contributed by atoms with Crippen LogP contribution < -0.4 is 5.46 Å². The molecule has 116 valence electrons. The largest absolute Gasteiger partial charge is 0.496 e. The number of hydrogen-bond acceptors (Lipinski definition) is 3. The Balaban J connectivity index is 2.41. The maximum absolute atomic E-state index is 6.45. The number of halogens is 1. The standard InChI is InChI=1S/C16H25BClNO2/c1-6-15(7-2)16(8-3,9-4)21-17(20-15)13-10-11-14(18)19-12(13)5/h10-11H,6-9H2,1-5H3. The molecular weight excluding hydrogens is 284 g/mol. The SMILES string of the molecule is CCC1(CC)OB(c2ccc(Cl)nc2C)OC1(CC)CC. The zero-order valence-corrected chi connectivity index (χ0v) is 14.5. The van der Waals surface area contributed by atoms with Crippen LogP contribution in [-0.4, -0.2) is 23.3 Å². The van der Waals surface area contributed by atoms with Gasteiger partial charge in [-0.2, -0.15) is 0 Å². The molecule has 0 unspecified atom stereocenters. The second-order valence-electron chi connectivity index (χ2n) is 5.78. The van der Waals surface area contributed by atoms with Crippen LogP contribution in [0, 0.1) is 6.92 Å². The molecule has 0 bridgehead atoms. The van der Waals surface area contributed by atoms with Crippen molar-refractivity contribution in [3.63, 3.8) is 0 Å². The van der Waals surface area contributed by atoms with Gasteiger partial charge in [0.2, 0.25) is 0 Å². The van der Waals surface area contributed by atoms with Crippen molar-refractivity contribution in [1.29, 1.82) is 0 Å². The van der Waals surface area contributed by atoms with Crippen molar-refractivity contribution >= 4 is 24.2 Å². The molecule has 3 nitrogen and oxygen atoms in total. The van der Waals surface area contributed by atoms with Crippen LogP contribution in [0.1, 0.15) is 59.1 Å². The van der Waals surface area contributed by atoms with Crippen LogP contribution in [0.4, 0.5) is 0 Å². The predicted molar refractivity (Wildman–Crippen MR) is 88.2 cm³/mol. The molecule has 1 aliphatic rings. The molecule has 0 atom stereocenters. The Kier molecular flexibility index (Phi) is 5.01. The van der Waals surface area contributed by atoms with Crippen molar-refractivity contribution in [2.45, 2.75) is 71.5 Å². The summed E-state index contributed by atoms with van der Waals surface area (Å²) >= 11 is 5.95. The van der Waals surface area contributed by atoms with E-state index in [2.05, 4.69) is 32.7 Å². The average molecular weight is 310 g/mol. The molecule has 2 heterocycles. The maximum atomic E-state index is 6.45. The summed E-state index contributed by atoms with van der Waals surface area (Å²) in [6.07, 6.45) is 3.78. The van der Waals surface area contributed by atoms with Crippen LogP contribution in [0.3, 0.4) is 0 Å². The van der Waals surface area contributed by atoms with Crippen LogP contribution in [-0.2, 0) is 9.31 Å². The molecule has 21 heavy (non-hydrogen) atoms. The maximum Gasteiger partial charge on any atom is 0.496 e. The van der Waals surface area contributed by atoms with E-state index in [0.717, 1.165) is 36.8 Å². The van der Waals surface area contributed by atoms with Gasteiger partial charge in [-0.25, -0.2) is 4.98 Å². The first-order valence-corrected chi connectivity index (χ1v) is 8.34.